The summed E-state index contributed by atoms with van der Waals surface area (Å²) in [5.41, 5.74) is -0.388. The van der Waals surface area contributed by atoms with E-state index in [4.69, 9.17) is 29.1 Å². The predicted molar refractivity (Wildman–Crippen MR) is 101 cm³/mol. The maximum atomic E-state index is 11.1. The number of benzene rings is 1. The highest BCUT2D eigenvalue weighted by Crippen LogP contribution is 2.60. The minimum Gasteiger partial charge on any atom is -0.478 e. The molecule has 0 radical (unpaired) electrons. The molecule has 1 unspecified atom stereocenters. The van der Waals surface area contributed by atoms with Gasteiger partial charge in [-0.05, 0) is 62.3 Å². The van der Waals surface area contributed by atoms with Crippen LogP contribution >= 0.6 is 0 Å². The van der Waals surface area contributed by atoms with Gasteiger partial charge in [-0.2, -0.15) is 0 Å². The topological polar surface area (TPSA) is 83.5 Å². The van der Waals surface area contributed by atoms with Gasteiger partial charge in [0.15, 0.2) is 11.9 Å². The van der Waals surface area contributed by atoms with Gasteiger partial charge in [0.05, 0.1) is 5.56 Å². The molecule has 7 heteroatoms. The van der Waals surface area contributed by atoms with E-state index in [-0.39, 0.29) is 17.4 Å². The van der Waals surface area contributed by atoms with Crippen LogP contribution in [-0.4, -0.2) is 35.0 Å². The highest BCUT2D eigenvalue weighted by atomic mass is 17.3. The summed E-state index contributed by atoms with van der Waals surface area (Å²) in [4.78, 5) is 23.0. The summed E-state index contributed by atoms with van der Waals surface area (Å²) < 4.78 is 18.8. The maximum absolute atomic E-state index is 11.1. The number of carboxylic acid groups (broad SMARTS) is 1. The smallest absolute Gasteiger partial charge is 0.335 e. The van der Waals surface area contributed by atoms with E-state index in [0.717, 1.165) is 25.7 Å². The molecule has 5 aliphatic rings. The lowest BCUT2D eigenvalue weighted by Gasteiger charge is -2.60. The molecule has 4 saturated heterocycles. The highest BCUT2D eigenvalue weighted by molar-refractivity contribution is 5.87. The fourth-order valence-electron chi connectivity index (χ4n) is 5.82. The van der Waals surface area contributed by atoms with Gasteiger partial charge in [-0.15, -0.1) is 0 Å². The Labute approximate surface area is 170 Å². The fraction of sp³-hybridized carbons (Fsp3) is 0.682. The Kier molecular flexibility index (Phi) is 4.44. The number of hydrogen-bond donors (Lipinski definition) is 1. The van der Waals surface area contributed by atoms with Gasteiger partial charge in [0.25, 0.3) is 0 Å². The average molecular weight is 404 g/mol. The summed E-state index contributed by atoms with van der Waals surface area (Å²) in [6.07, 6.45) is 2.83. The van der Waals surface area contributed by atoms with Gasteiger partial charge in [-0.3, -0.25) is 0 Å². The number of ether oxygens (including phenoxy) is 3. The summed E-state index contributed by atoms with van der Waals surface area (Å²) in [6.45, 7) is 6.31. The van der Waals surface area contributed by atoms with Crippen LogP contribution in [0.3, 0.4) is 0 Å². The zero-order valence-corrected chi connectivity index (χ0v) is 17.0. The number of carbonyl (C=O) groups is 1. The highest BCUT2D eigenvalue weighted by Gasteiger charge is 2.69. The van der Waals surface area contributed by atoms with E-state index in [1.165, 1.54) is 12.1 Å². The van der Waals surface area contributed by atoms with Crippen LogP contribution in [0.25, 0.3) is 0 Å². The van der Waals surface area contributed by atoms with Crippen molar-refractivity contribution in [2.75, 3.05) is 0 Å². The molecule has 29 heavy (non-hydrogen) atoms. The molecule has 5 fully saturated rings. The summed E-state index contributed by atoms with van der Waals surface area (Å²) in [7, 11) is 0. The van der Waals surface area contributed by atoms with Crippen molar-refractivity contribution in [1.29, 1.82) is 0 Å². The minimum absolute atomic E-state index is 0.0649. The summed E-state index contributed by atoms with van der Waals surface area (Å²) in [5.74, 6) is -0.121. The first-order valence-corrected chi connectivity index (χ1v) is 10.5. The SMILES string of the molecule is CC1[C@@H](Oc2ccc(C(=O)O)cc2)O[C@@H]2O[C@@]3(C)CC[C@H]4[C@H](C)CC[C@@H]1[C@@]24OO3. The van der Waals surface area contributed by atoms with E-state index in [1.54, 1.807) is 12.1 Å². The molecule has 2 bridgehead atoms. The third-order valence-corrected chi connectivity index (χ3v) is 7.45. The second-order valence-corrected chi connectivity index (χ2v) is 9.22. The van der Waals surface area contributed by atoms with E-state index in [2.05, 4.69) is 13.8 Å². The second kappa shape index (κ2) is 6.67. The van der Waals surface area contributed by atoms with Crippen LogP contribution < -0.4 is 4.74 Å². The number of rotatable bonds is 3. The van der Waals surface area contributed by atoms with Crippen LogP contribution in [0.1, 0.15) is 56.8 Å². The molecule has 8 atom stereocenters. The van der Waals surface area contributed by atoms with Crippen LogP contribution in [0.4, 0.5) is 0 Å². The Morgan fingerprint density at radius 1 is 1.10 bits per heavy atom. The number of fused-ring (bicyclic) bond motifs is 2. The van der Waals surface area contributed by atoms with Crippen LogP contribution in [0.2, 0.25) is 0 Å². The lowest BCUT2D eigenvalue weighted by molar-refractivity contribution is -0.575. The Bertz CT molecular complexity index is 795. The van der Waals surface area contributed by atoms with Gasteiger partial charge in [-0.1, -0.05) is 13.8 Å². The lowest BCUT2D eigenvalue weighted by Crippen LogP contribution is -2.70. The van der Waals surface area contributed by atoms with Crippen LogP contribution in [0.15, 0.2) is 24.3 Å². The molecule has 0 aromatic heterocycles. The monoisotopic (exact) mass is 404 g/mol. The molecule has 1 N–H and O–H groups in total. The lowest BCUT2D eigenvalue weighted by atomic mass is 9.58. The number of carboxylic acids is 1. The summed E-state index contributed by atoms with van der Waals surface area (Å²) in [6, 6.07) is 6.40. The predicted octanol–water partition coefficient (Wildman–Crippen LogP) is 3.97. The van der Waals surface area contributed by atoms with E-state index < -0.39 is 29.9 Å². The first-order chi connectivity index (χ1) is 13.8. The Balaban J connectivity index is 1.44. The van der Waals surface area contributed by atoms with Gasteiger partial charge in [0, 0.05) is 18.3 Å². The van der Waals surface area contributed by atoms with Crippen molar-refractivity contribution in [3.63, 3.8) is 0 Å². The van der Waals surface area contributed by atoms with Crippen molar-refractivity contribution in [3.05, 3.63) is 29.8 Å². The molecule has 4 aliphatic heterocycles. The molecule has 1 saturated carbocycles. The zero-order valence-electron chi connectivity index (χ0n) is 17.0. The molecule has 1 aromatic carbocycles. The van der Waals surface area contributed by atoms with Gasteiger partial charge in [0.1, 0.15) is 5.75 Å². The molecular formula is C22H28O7. The van der Waals surface area contributed by atoms with Crippen molar-refractivity contribution in [2.24, 2.45) is 23.7 Å². The van der Waals surface area contributed by atoms with Crippen LogP contribution in [0.5, 0.6) is 5.75 Å². The van der Waals surface area contributed by atoms with Crippen molar-refractivity contribution in [3.8, 4) is 5.75 Å². The number of hydrogen-bond acceptors (Lipinski definition) is 6. The molecule has 0 amide bonds. The van der Waals surface area contributed by atoms with E-state index in [9.17, 15) is 4.79 Å². The largest absolute Gasteiger partial charge is 0.478 e. The third kappa shape index (κ3) is 2.90. The van der Waals surface area contributed by atoms with Gasteiger partial charge >= 0.3 is 5.97 Å². The van der Waals surface area contributed by atoms with E-state index in [1.807, 2.05) is 6.92 Å². The van der Waals surface area contributed by atoms with Gasteiger partial charge < -0.3 is 19.3 Å². The molecule has 1 aliphatic carbocycles. The molecular weight excluding hydrogens is 376 g/mol. The van der Waals surface area contributed by atoms with Gasteiger partial charge in [0.2, 0.25) is 12.1 Å². The molecule has 158 valence electrons. The van der Waals surface area contributed by atoms with E-state index >= 15 is 0 Å². The summed E-state index contributed by atoms with van der Waals surface area (Å²) in [5, 5.41) is 9.09. The number of aromatic carboxylic acids is 1. The molecule has 1 spiro atoms. The quantitative estimate of drug-likeness (QED) is 0.763. The summed E-state index contributed by atoms with van der Waals surface area (Å²) >= 11 is 0. The Morgan fingerprint density at radius 2 is 1.86 bits per heavy atom. The second-order valence-electron chi connectivity index (χ2n) is 9.22. The van der Waals surface area contributed by atoms with Crippen molar-refractivity contribution in [1.82, 2.24) is 0 Å². The molecule has 7 nitrogen and oxygen atoms in total. The Morgan fingerprint density at radius 3 is 2.59 bits per heavy atom. The normalized spacial score (nSPS) is 45.9. The Hall–Kier alpha value is -1.67. The van der Waals surface area contributed by atoms with Crippen LogP contribution in [-0.2, 0) is 19.2 Å². The van der Waals surface area contributed by atoms with E-state index in [0.29, 0.717) is 17.6 Å². The fourth-order valence-corrected chi connectivity index (χ4v) is 5.82. The molecule has 4 heterocycles. The first-order valence-electron chi connectivity index (χ1n) is 10.5. The molecule has 6 rings (SSSR count). The van der Waals surface area contributed by atoms with Crippen molar-refractivity contribution in [2.45, 2.75) is 70.4 Å². The maximum Gasteiger partial charge on any atom is 0.335 e. The first kappa shape index (κ1) is 19.3. The van der Waals surface area contributed by atoms with Gasteiger partial charge in [-0.25, -0.2) is 14.6 Å². The standard InChI is InChI=1S/C22H28O7/c1-12-4-9-17-13(2)19(25-15-7-5-14(6-8-15)18(23)24)26-20-22(17)16(12)10-11-21(3,27-20)28-29-22/h5-8,12-13,16-17,19-20H,4,9-11H2,1-3H3,(H,23,24)/t12-,13?,16+,17+,19+,20-,21-,22-/m1/s1. The minimum atomic E-state index is -0.962. The van der Waals surface area contributed by atoms with Crippen LogP contribution in [0, 0.1) is 23.7 Å². The average Bonchev–Trinajstić information content (AvgIpc) is 2.92. The zero-order chi connectivity index (χ0) is 20.4. The van der Waals surface area contributed by atoms with Crippen molar-refractivity contribution >= 4 is 5.97 Å². The third-order valence-electron chi connectivity index (χ3n) is 7.45. The molecule has 1 aromatic rings. The van der Waals surface area contributed by atoms with Crippen molar-refractivity contribution < 1.29 is 33.9 Å².